The van der Waals surface area contributed by atoms with E-state index in [9.17, 15) is 0 Å². The Balaban J connectivity index is 2.03. The van der Waals surface area contributed by atoms with Crippen molar-refractivity contribution >= 4 is 15.9 Å². The van der Waals surface area contributed by atoms with E-state index in [-0.39, 0.29) is 0 Å². The monoisotopic (exact) mass is 311 g/mol. The van der Waals surface area contributed by atoms with Gasteiger partial charge in [-0.2, -0.15) is 0 Å². The smallest absolute Gasteiger partial charge is 0.163 e. The first-order valence-corrected chi connectivity index (χ1v) is 6.62. The van der Waals surface area contributed by atoms with Crippen molar-refractivity contribution in [2.24, 2.45) is 0 Å². The van der Waals surface area contributed by atoms with Gasteiger partial charge in [-0.25, -0.2) is 15.0 Å². The summed E-state index contributed by atoms with van der Waals surface area (Å²) in [6.07, 6.45) is 1.55. The minimum Gasteiger partial charge on any atom is -0.217 e. The predicted molar refractivity (Wildman–Crippen MR) is 78.4 cm³/mol. The van der Waals surface area contributed by atoms with Gasteiger partial charge in [-0.05, 0) is 12.1 Å². The third-order valence-electron chi connectivity index (χ3n) is 2.71. The third-order valence-corrected chi connectivity index (χ3v) is 3.23. The lowest BCUT2D eigenvalue weighted by Crippen LogP contribution is -1.94. The largest absolute Gasteiger partial charge is 0.217 e. The summed E-state index contributed by atoms with van der Waals surface area (Å²) >= 11 is 3.42. The number of aromatic nitrogens is 3. The van der Waals surface area contributed by atoms with Crippen LogP contribution in [-0.4, -0.2) is 15.0 Å². The third kappa shape index (κ3) is 2.69. The summed E-state index contributed by atoms with van der Waals surface area (Å²) in [7, 11) is 0. The first-order chi connectivity index (χ1) is 9.33. The van der Waals surface area contributed by atoms with Crippen LogP contribution >= 0.6 is 15.9 Å². The fourth-order valence-corrected chi connectivity index (χ4v) is 2.02. The summed E-state index contributed by atoms with van der Waals surface area (Å²) < 4.78 is 1.04. The topological polar surface area (TPSA) is 38.7 Å². The van der Waals surface area contributed by atoms with Crippen molar-refractivity contribution in [3.63, 3.8) is 0 Å². The van der Waals surface area contributed by atoms with Gasteiger partial charge in [0.15, 0.2) is 11.6 Å². The number of rotatable bonds is 2. The SMILES string of the molecule is Brc1ccc(-c2ncnc(-c3ccccc3)n2)cc1. The average molecular weight is 312 g/mol. The first kappa shape index (κ1) is 12.0. The molecule has 0 bridgehead atoms. The molecule has 0 amide bonds. The van der Waals surface area contributed by atoms with Gasteiger partial charge in [0.1, 0.15) is 6.33 Å². The van der Waals surface area contributed by atoms with E-state index in [2.05, 4.69) is 30.9 Å². The van der Waals surface area contributed by atoms with Gasteiger partial charge in [0, 0.05) is 15.6 Å². The van der Waals surface area contributed by atoms with Crippen molar-refractivity contribution in [1.82, 2.24) is 15.0 Å². The highest BCUT2D eigenvalue weighted by Crippen LogP contribution is 2.20. The van der Waals surface area contributed by atoms with Crippen LogP contribution in [0.25, 0.3) is 22.8 Å². The minimum atomic E-state index is 0.682. The van der Waals surface area contributed by atoms with E-state index in [0.29, 0.717) is 11.6 Å². The second-order valence-corrected chi connectivity index (χ2v) is 4.92. The van der Waals surface area contributed by atoms with Crippen molar-refractivity contribution in [1.29, 1.82) is 0 Å². The summed E-state index contributed by atoms with van der Waals surface area (Å²) in [6.45, 7) is 0. The fraction of sp³-hybridized carbons (Fsp3) is 0. The Kier molecular flexibility index (Phi) is 3.33. The molecule has 0 fully saturated rings. The zero-order chi connectivity index (χ0) is 13.1. The van der Waals surface area contributed by atoms with Gasteiger partial charge in [-0.15, -0.1) is 0 Å². The second-order valence-electron chi connectivity index (χ2n) is 4.01. The highest BCUT2D eigenvalue weighted by Gasteiger charge is 2.05. The minimum absolute atomic E-state index is 0.682. The van der Waals surface area contributed by atoms with E-state index in [1.807, 2.05) is 54.6 Å². The van der Waals surface area contributed by atoms with Crippen molar-refractivity contribution < 1.29 is 0 Å². The highest BCUT2D eigenvalue weighted by molar-refractivity contribution is 9.10. The Morgan fingerprint density at radius 1 is 0.684 bits per heavy atom. The number of benzene rings is 2. The molecule has 0 spiro atoms. The molecule has 1 heterocycles. The van der Waals surface area contributed by atoms with E-state index in [4.69, 9.17) is 0 Å². The van der Waals surface area contributed by atoms with Gasteiger partial charge in [0.05, 0.1) is 0 Å². The predicted octanol–water partition coefficient (Wildman–Crippen LogP) is 3.97. The Morgan fingerprint density at radius 2 is 1.26 bits per heavy atom. The summed E-state index contributed by atoms with van der Waals surface area (Å²) in [4.78, 5) is 13.0. The molecule has 0 saturated carbocycles. The first-order valence-electron chi connectivity index (χ1n) is 5.83. The molecule has 4 heteroatoms. The Hall–Kier alpha value is -2.07. The van der Waals surface area contributed by atoms with Gasteiger partial charge in [0.25, 0.3) is 0 Å². The van der Waals surface area contributed by atoms with Crippen LogP contribution in [0.5, 0.6) is 0 Å². The van der Waals surface area contributed by atoms with Crippen LogP contribution in [0.3, 0.4) is 0 Å². The molecule has 3 rings (SSSR count). The molecular weight excluding hydrogens is 302 g/mol. The van der Waals surface area contributed by atoms with Gasteiger partial charge in [-0.3, -0.25) is 0 Å². The number of hydrogen-bond donors (Lipinski definition) is 0. The van der Waals surface area contributed by atoms with Crippen LogP contribution in [0, 0.1) is 0 Å². The summed E-state index contributed by atoms with van der Waals surface area (Å²) in [5.74, 6) is 1.37. The van der Waals surface area contributed by atoms with Crippen LogP contribution in [0.4, 0.5) is 0 Å². The van der Waals surface area contributed by atoms with Gasteiger partial charge < -0.3 is 0 Å². The lowest BCUT2D eigenvalue weighted by atomic mass is 10.2. The molecule has 2 aromatic carbocycles. The molecule has 0 radical (unpaired) electrons. The molecule has 92 valence electrons. The summed E-state index contributed by atoms with van der Waals surface area (Å²) in [6, 6.07) is 17.8. The molecule has 3 aromatic rings. The van der Waals surface area contributed by atoms with Gasteiger partial charge >= 0.3 is 0 Å². The molecule has 0 N–H and O–H groups in total. The molecule has 3 nitrogen and oxygen atoms in total. The van der Waals surface area contributed by atoms with Gasteiger partial charge in [-0.1, -0.05) is 58.4 Å². The van der Waals surface area contributed by atoms with Crippen LogP contribution in [0.1, 0.15) is 0 Å². The fourth-order valence-electron chi connectivity index (χ4n) is 1.76. The maximum absolute atomic E-state index is 4.51. The van der Waals surface area contributed by atoms with Crippen molar-refractivity contribution in [3.8, 4) is 22.8 Å². The van der Waals surface area contributed by atoms with E-state index in [1.165, 1.54) is 0 Å². The molecule has 0 aliphatic carbocycles. The molecule has 0 saturated heterocycles. The summed E-state index contributed by atoms with van der Waals surface area (Å²) in [5.41, 5.74) is 1.96. The maximum atomic E-state index is 4.51. The number of hydrogen-bond acceptors (Lipinski definition) is 3. The molecule has 0 unspecified atom stereocenters. The molecular formula is C15H10BrN3. The molecule has 19 heavy (non-hydrogen) atoms. The second kappa shape index (κ2) is 5.28. The Bertz CT molecular complexity index is 681. The molecule has 0 atom stereocenters. The standard InChI is InChI=1S/C15H10BrN3/c16-13-8-6-12(7-9-13)15-18-10-17-14(19-15)11-4-2-1-3-5-11/h1-10H. The maximum Gasteiger partial charge on any atom is 0.163 e. The average Bonchev–Trinajstić information content (AvgIpc) is 2.49. The Morgan fingerprint density at radius 3 is 1.89 bits per heavy atom. The van der Waals surface area contributed by atoms with Gasteiger partial charge in [0.2, 0.25) is 0 Å². The molecule has 0 aliphatic rings. The zero-order valence-corrected chi connectivity index (χ0v) is 11.6. The summed E-state index contributed by atoms with van der Waals surface area (Å²) in [5, 5.41) is 0. The highest BCUT2D eigenvalue weighted by atomic mass is 79.9. The lowest BCUT2D eigenvalue weighted by Gasteiger charge is -2.03. The van der Waals surface area contributed by atoms with Crippen molar-refractivity contribution in [2.45, 2.75) is 0 Å². The van der Waals surface area contributed by atoms with E-state index < -0.39 is 0 Å². The van der Waals surface area contributed by atoms with Crippen molar-refractivity contribution in [2.75, 3.05) is 0 Å². The van der Waals surface area contributed by atoms with E-state index in [0.717, 1.165) is 15.6 Å². The number of halogens is 1. The van der Waals surface area contributed by atoms with E-state index >= 15 is 0 Å². The van der Waals surface area contributed by atoms with Crippen LogP contribution in [0.15, 0.2) is 65.4 Å². The quantitative estimate of drug-likeness (QED) is 0.719. The zero-order valence-electron chi connectivity index (χ0n) is 9.99. The van der Waals surface area contributed by atoms with Crippen molar-refractivity contribution in [3.05, 3.63) is 65.4 Å². The number of nitrogens with zero attached hydrogens (tertiary/aromatic N) is 3. The normalized spacial score (nSPS) is 10.4. The molecule has 1 aromatic heterocycles. The van der Waals surface area contributed by atoms with E-state index in [1.54, 1.807) is 6.33 Å². The van der Waals surface area contributed by atoms with Crippen LogP contribution in [-0.2, 0) is 0 Å². The molecule has 0 aliphatic heterocycles. The lowest BCUT2D eigenvalue weighted by molar-refractivity contribution is 1.06. The Labute approximate surface area is 119 Å². The van der Waals surface area contributed by atoms with Crippen LogP contribution in [0.2, 0.25) is 0 Å². The van der Waals surface area contributed by atoms with Crippen LogP contribution < -0.4 is 0 Å².